The molecule has 4 aromatic rings. The van der Waals surface area contributed by atoms with E-state index < -0.39 is 0 Å². The number of halogens is 2. The number of rotatable bonds is 7. The van der Waals surface area contributed by atoms with Crippen molar-refractivity contribution in [2.75, 3.05) is 12.4 Å². The highest BCUT2D eigenvalue weighted by Gasteiger charge is 2.37. The Morgan fingerprint density at radius 2 is 1.79 bits per heavy atom. The van der Waals surface area contributed by atoms with Crippen molar-refractivity contribution in [3.63, 3.8) is 0 Å². The standard InChI is InChI=1S/C33H28Cl2N2O2/c1-38-32-17-21(9-16-31(32)39-20-23-10-13-24(34)18-29(23)35)19-36-25-14-11-22(12-15-25)33-28-7-4-6-26(28)27-5-2-3-8-30(27)37-33/h2-6,8-19,26,28,33,37H,7,20H2,1H3/t26-,28+,33-/m0/s1. The molecular weight excluding hydrogens is 527 g/mol. The van der Waals surface area contributed by atoms with Crippen molar-refractivity contribution in [1.29, 1.82) is 0 Å². The Labute approximate surface area is 238 Å². The molecule has 0 saturated carbocycles. The Morgan fingerprint density at radius 3 is 2.62 bits per heavy atom. The Bertz CT molecular complexity index is 1550. The predicted molar refractivity (Wildman–Crippen MR) is 160 cm³/mol. The molecule has 1 heterocycles. The summed E-state index contributed by atoms with van der Waals surface area (Å²) in [5.41, 5.74) is 6.58. The number of hydrogen-bond acceptors (Lipinski definition) is 4. The highest BCUT2D eigenvalue weighted by atomic mass is 35.5. The van der Waals surface area contributed by atoms with Gasteiger partial charge in [-0.1, -0.05) is 71.8 Å². The summed E-state index contributed by atoms with van der Waals surface area (Å²) in [6, 6.07) is 28.6. The van der Waals surface area contributed by atoms with Crippen LogP contribution in [0.15, 0.2) is 102 Å². The smallest absolute Gasteiger partial charge is 0.161 e. The van der Waals surface area contributed by atoms with Gasteiger partial charge in [-0.05, 0) is 77.6 Å². The zero-order valence-electron chi connectivity index (χ0n) is 21.5. The summed E-state index contributed by atoms with van der Waals surface area (Å²) in [7, 11) is 1.62. The van der Waals surface area contributed by atoms with Crippen LogP contribution in [0.4, 0.5) is 11.4 Å². The number of nitrogens with one attached hydrogen (secondary N) is 1. The summed E-state index contributed by atoms with van der Waals surface area (Å²) in [5, 5.41) is 4.95. The largest absolute Gasteiger partial charge is 0.493 e. The first-order valence-corrected chi connectivity index (χ1v) is 13.8. The van der Waals surface area contributed by atoms with E-state index in [1.807, 2.05) is 30.5 Å². The lowest BCUT2D eigenvalue weighted by Gasteiger charge is -2.37. The maximum atomic E-state index is 6.27. The van der Waals surface area contributed by atoms with Gasteiger partial charge in [0, 0.05) is 33.4 Å². The molecule has 6 heteroatoms. The summed E-state index contributed by atoms with van der Waals surface area (Å²) in [6.07, 6.45) is 7.61. The quantitative estimate of drug-likeness (QED) is 0.183. The number of aliphatic imine (C=N–C) groups is 1. The summed E-state index contributed by atoms with van der Waals surface area (Å²) in [6.45, 7) is 0.311. The lowest BCUT2D eigenvalue weighted by molar-refractivity contribution is 0.284. The summed E-state index contributed by atoms with van der Waals surface area (Å²) < 4.78 is 11.5. The second-order valence-electron chi connectivity index (χ2n) is 9.85. The average Bonchev–Trinajstić information content (AvgIpc) is 3.46. The Balaban J connectivity index is 1.14. The van der Waals surface area contributed by atoms with Crippen molar-refractivity contribution >= 4 is 40.8 Å². The number of methoxy groups -OCH3 is 1. The van der Waals surface area contributed by atoms with Crippen LogP contribution in [0.2, 0.25) is 10.0 Å². The average molecular weight is 556 g/mol. The molecule has 2 aliphatic rings. The van der Waals surface area contributed by atoms with Crippen molar-refractivity contribution in [3.05, 3.63) is 129 Å². The maximum Gasteiger partial charge on any atom is 0.161 e. The number of anilines is 1. The Morgan fingerprint density at radius 1 is 0.949 bits per heavy atom. The molecule has 0 unspecified atom stereocenters. The number of fused-ring (bicyclic) bond motifs is 3. The lowest BCUT2D eigenvalue weighted by Crippen LogP contribution is -2.28. The number of para-hydroxylation sites is 1. The molecule has 39 heavy (non-hydrogen) atoms. The number of hydrogen-bond donors (Lipinski definition) is 1. The normalized spacial score (nSPS) is 19.4. The predicted octanol–water partition coefficient (Wildman–Crippen LogP) is 9.16. The molecule has 1 N–H and O–H groups in total. The first-order valence-electron chi connectivity index (χ1n) is 13.0. The minimum absolute atomic E-state index is 0.275. The molecule has 1 aliphatic carbocycles. The van der Waals surface area contributed by atoms with E-state index in [9.17, 15) is 0 Å². The summed E-state index contributed by atoms with van der Waals surface area (Å²) in [4.78, 5) is 4.70. The van der Waals surface area contributed by atoms with Gasteiger partial charge in [0.2, 0.25) is 0 Å². The van der Waals surface area contributed by atoms with E-state index in [1.54, 1.807) is 19.2 Å². The van der Waals surface area contributed by atoms with Crippen molar-refractivity contribution in [2.45, 2.75) is 25.0 Å². The highest BCUT2D eigenvalue weighted by Crippen LogP contribution is 2.49. The topological polar surface area (TPSA) is 42.8 Å². The number of allylic oxidation sites excluding steroid dienone is 2. The first kappa shape index (κ1) is 25.5. The van der Waals surface area contributed by atoms with Crippen LogP contribution in [0.1, 0.15) is 40.6 Å². The van der Waals surface area contributed by atoms with Gasteiger partial charge >= 0.3 is 0 Å². The van der Waals surface area contributed by atoms with E-state index in [0.29, 0.717) is 40.0 Å². The molecule has 0 bridgehead atoms. The van der Waals surface area contributed by atoms with Gasteiger partial charge in [-0.3, -0.25) is 4.99 Å². The van der Waals surface area contributed by atoms with Crippen LogP contribution in [0, 0.1) is 5.92 Å². The summed E-state index contributed by atoms with van der Waals surface area (Å²) >= 11 is 12.3. The van der Waals surface area contributed by atoms with Crippen LogP contribution >= 0.6 is 23.2 Å². The number of benzene rings is 4. The Hall–Kier alpha value is -3.73. The second kappa shape index (κ2) is 11.2. The minimum Gasteiger partial charge on any atom is -0.493 e. The molecule has 0 spiro atoms. The van der Waals surface area contributed by atoms with Crippen molar-refractivity contribution in [2.24, 2.45) is 10.9 Å². The first-order chi connectivity index (χ1) is 19.1. The van der Waals surface area contributed by atoms with Gasteiger partial charge in [-0.15, -0.1) is 0 Å². The zero-order valence-corrected chi connectivity index (χ0v) is 23.0. The number of nitrogens with zero attached hydrogens (tertiary/aromatic N) is 1. The molecule has 1 aliphatic heterocycles. The molecule has 0 fully saturated rings. The van der Waals surface area contributed by atoms with E-state index in [4.69, 9.17) is 37.7 Å². The van der Waals surface area contributed by atoms with Gasteiger partial charge in [0.05, 0.1) is 18.8 Å². The fourth-order valence-electron chi connectivity index (χ4n) is 5.47. The molecule has 0 amide bonds. The molecule has 6 rings (SSSR count). The van der Waals surface area contributed by atoms with Crippen LogP contribution in [0.3, 0.4) is 0 Å². The SMILES string of the molecule is COc1cc(C=Nc2ccc([C@@H]3Nc4ccccc4[C@@H]4C=CC[C@H]43)cc2)ccc1OCc1ccc(Cl)cc1Cl. The molecule has 3 atom stereocenters. The minimum atomic E-state index is 0.275. The molecule has 0 radical (unpaired) electrons. The van der Waals surface area contributed by atoms with Gasteiger partial charge in [0.15, 0.2) is 11.5 Å². The second-order valence-corrected chi connectivity index (χ2v) is 10.7. The van der Waals surface area contributed by atoms with E-state index in [2.05, 4.69) is 66.0 Å². The van der Waals surface area contributed by atoms with Crippen LogP contribution < -0.4 is 14.8 Å². The third-order valence-corrected chi connectivity index (χ3v) is 8.06. The highest BCUT2D eigenvalue weighted by molar-refractivity contribution is 6.35. The third-order valence-electron chi connectivity index (χ3n) is 7.47. The van der Waals surface area contributed by atoms with E-state index >= 15 is 0 Å². The van der Waals surface area contributed by atoms with Gasteiger partial charge < -0.3 is 14.8 Å². The van der Waals surface area contributed by atoms with Crippen molar-refractivity contribution < 1.29 is 9.47 Å². The monoisotopic (exact) mass is 554 g/mol. The molecule has 196 valence electrons. The van der Waals surface area contributed by atoms with Crippen molar-refractivity contribution in [3.8, 4) is 11.5 Å². The fourth-order valence-corrected chi connectivity index (χ4v) is 5.93. The van der Waals surface area contributed by atoms with E-state index in [-0.39, 0.29) is 6.04 Å². The molecule has 0 aromatic heterocycles. The van der Waals surface area contributed by atoms with Crippen LogP contribution in [0.5, 0.6) is 11.5 Å². The third kappa shape index (κ3) is 5.40. The lowest BCUT2D eigenvalue weighted by atomic mass is 9.77. The molecule has 0 saturated heterocycles. The van der Waals surface area contributed by atoms with Gasteiger partial charge in [-0.2, -0.15) is 0 Å². The molecule has 4 aromatic carbocycles. The van der Waals surface area contributed by atoms with E-state index in [1.165, 1.54) is 16.8 Å². The zero-order chi connectivity index (χ0) is 26.8. The van der Waals surface area contributed by atoms with Gasteiger partial charge in [-0.25, -0.2) is 0 Å². The Kier molecular flexibility index (Phi) is 7.32. The van der Waals surface area contributed by atoms with Crippen LogP contribution in [-0.2, 0) is 6.61 Å². The van der Waals surface area contributed by atoms with Crippen molar-refractivity contribution in [1.82, 2.24) is 0 Å². The molecular formula is C33H28Cl2N2O2. The number of ether oxygens (including phenoxy) is 2. The molecule has 4 nitrogen and oxygen atoms in total. The van der Waals surface area contributed by atoms with Gasteiger partial charge in [0.1, 0.15) is 6.61 Å². The maximum absolute atomic E-state index is 6.27. The summed E-state index contributed by atoms with van der Waals surface area (Å²) in [5.74, 6) is 2.25. The fraction of sp³-hybridized carbons (Fsp3) is 0.182. The van der Waals surface area contributed by atoms with E-state index in [0.717, 1.165) is 23.2 Å². The van der Waals surface area contributed by atoms with Crippen LogP contribution in [0.25, 0.3) is 0 Å². The van der Waals surface area contributed by atoms with Gasteiger partial charge in [0.25, 0.3) is 0 Å². The van der Waals surface area contributed by atoms with Crippen LogP contribution in [-0.4, -0.2) is 13.3 Å².